The van der Waals surface area contributed by atoms with Gasteiger partial charge in [0.2, 0.25) is 0 Å². The number of carbonyl (C=O) groups excluding carboxylic acids is 2. The van der Waals surface area contributed by atoms with Crippen LogP contribution in [0.15, 0.2) is 71.8 Å². The number of ether oxygens (including phenoxy) is 3. The molecule has 33 heavy (non-hydrogen) atoms. The molecule has 170 valence electrons. The van der Waals surface area contributed by atoms with E-state index in [1.54, 1.807) is 54.6 Å². The van der Waals surface area contributed by atoms with Gasteiger partial charge in [0.25, 0.3) is 5.91 Å². The van der Waals surface area contributed by atoms with Gasteiger partial charge in [0.15, 0.2) is 18.1 Å². The minimum Gasteiger partial charge on any atom is -0.490 e. The number of nitrogens with one attached hydrogen (secondary N) is 1. The molecule has 8 heteroatoms. The molecule has 0 aromatic heterocycles. The zero-order chi connectivity index (χ0) is 23.6. The largest absolute Gasteiger partial charge is 0.490 e. The van der Waals surface area contributed by atoms with Crippen molar-refractivity contribution in [1.29, 1.82) is 0 Å². The summed E-state index contributed by atoms with van der Waals surface area (Å²) in [4.78, 5) is 24.3. The van der Waals surface area contributed by atoms with Crippen LogP contribution in [0.5, 0.6) is 17.2 Å². The molecule has 0 aliphatic carbocycles. The predicted octanol–water partition coefficient (Wildman–Crippen LogP) is 4.80. The molecule has 0 saturated carbocycles. The van der Waals surface area contributed by atoms with Gasteiger partial charge in [-0.05, 0) is 74.0 Å². The van der Waals surface area contributed by atoms with Gasteiger partial charge in [0.1, 0.15) is 5.75 Å². The maximum Gasteiger partial charge on any atom is 0.343 e. The van der Waals surface area contributed by atoms with Crippen LogP contribution < -0.4 is 19.6 Å². The van der Waals surface area contributed by atoms with E-state index in [4.69, 9.17) is 25.8 Å². The fraction of sp³-hybridized carbons (Fsp3) is 0.160. The lowest BCUT2D eigenvalue weighted by atomic mass is 10.1. The lowest BCUT2D eigenvalue weighted by molar-refractivity contribution is -0.123. The average molecular weight is 467 g/mol. The van der Waals surface area contributed by atoms with E-state index >= 15 is 0 Å². The Morgan fingerprint density at radius 3 is 2.39 bits per heavy atom. The molecule has 3 rings (SSSR count). The van der Waals surface area contributed by atoms with Gasteiger partial charge in [0.05, 0.1) is 18.4 Å². The number of aryl methyl sites for hydroxylation is 1. The Kier molecular flexibility index (Phi) is 8.43. The van der Waals surface area contributed by atoms with Crippen molar-refractivity contribution in [3.8, 4) is 17.2 Å². The van der Waals surface area contributed by atoms with Crippen molar-refractivity contribution in [3.05, 3.63) is 88.4 Å². The smallest absolute Gasteiger partial charge is 0.343 e. The lowest BCUT2D eigenvalue weighted by Crippen LogP contribution is -2.24. The molecule has 0 fully saturated rings. The Morgan fingerprint density at radius 1 is 0.970 bits per heavy atom. The highest BCUT2D eigenvalue weighted by molar-refractivity contribution is 6.30. The number of halogens is 1. The normalized spacial score (nSPS) is 10.6. The van der Waals surface area contributed by atoms with Crippen LogP contribution in [0.4, 0.5) is 0 Å². The summed E-state index contributed by atoms with van der Waals surface area (Å²) in [5.41, 5.74) is 4.53. The summed E-state index contributed by atoms with van der Waals surface area (Å²) >= 11 is 5.81. The van der Waals surface area contributed by atoms with E-state index in [9.17, 15) is 9.59 Å². The first-order chi connectivity index (χ1) is 15.9. The minimum absolute atomic E-state index is 0.197. The molecule has 3 aromatic carbocycles. The first-order valence-corrected chi connectivity index (χ1v) is 10.6. The van der Waals surface area contributed by atoms with Crippen LogP contribution in [0.3, 0.4) is 0 Å². The summed E-state index contributed by atoms with van der Waals surface area (Å²) in [5, 5.41) is 4.51. The van der Waals surface area contributed by atoms with Crippen LogP contribution in [0.1, 0.15) is 28.4 Å². The fourth-order valence-electron chi connectivity index (χ4n) is 2.70. The summed E-state index contributed by atoms with van der Waals surface area (Å²) in [7, 11) is 0. The molecule has 0 atom stereocenters. The van der Waals surface area contributed by atoms with E-state index in [1.807, 2.05) is 26.0 Å². The van der Waals surface area contributed by atoms with E-state index < -0.39 is 11.9 Å². The van der Waals surface area contributed by atoms with Crippen LogP contribution in [0.25, 0.3) is 0 Å². The molecule has 0 bridgehead atoms. The quantitative estimate of drug-likeness (QED) is 0.212. The number of hydrogen-bond acceptors (Lipinski definition) is 6. The number of hydrazone groups is 1. The second kappa shape index (κ2) is 11.7. The van der Waals surface area contributed by atoms with Crippen molar-refractivity contribution in [1.82, 2.24) is 5.43 Å². The second-order valence-corrected chi connectivity index (χ2v) is 7.37. The molecule has 0 aliphatic heterocycles. The molecule has 0 radical (unpaired) electrons. The Morgan fingerprint density at radius 2 is 1.70 bits per heavy atom. The van der Waals surface area contributed by atoms with Gasteiger partial charge in [-0.3, -0.25) is 4.79 Å². The van der Waals surface area contributed by atoms with E-state index in [0.29, 0.717) is 40.0 Å². The van der Waals surface area contributed by atoms with Gasteiger partial charge in [-0.15, -0.1) is 0 Å². The summed E-state index contributed by atoms with van der Waals surface area (Å²) in [6, 6.07) is 18.8. The van der Waals surface area contributed by atoms with Gasteiger partial charge in [0, 0.05) is 5.02 Å². The molecule has 0 heterocycles. The number of rotatable bonds is 9. The van der Waals surface area contributed by atoms with Gasteiger partial charge in [-0.2, -0.15) is 5.10 Å². The fourth-order valence-corrected chi connectivity index (χ4v) is 2.82. The Hall–Kier alpha value is -3.84. The number of carbonyl (C=O) groups is 2. The number of hydrogen-bond donors (Lipinski definition) is 1. The van der Waals surface area contributed by atoms with E-state index in [0.717, 1.165) is 5.56 Å². The van der Waals surface area contributed by atoms with Gasteiger partial charge in [-0.25, -0.2) is 10.2 Å². The highest BCUT2D eigenvalue weighted by Crippen LogP contribution is 2.29. The van der Waals surface area contributed by atoms with Gasteiger partial charge >= 0.3 is 5.97 Å². The van der Waals surface area contributed by atoms with Crippen molar-refractivity contribution < 1.29 is 23.8 Å². The van der Waals surface area contributed by atoms with Gasteiger partial charge < -0.3 is 14.2 Å². The third-order valence-corrected chi connectivity index (χ3v) is 4.60. The van der Waals surface area contributed by atoms with Crippen LogP contribution >= 0.6 is 11.6 Å². The van der Waals surface area contributed by atoms with E-state index in [-0.39, 0.29) is 6.61 Å². The Balaban J connectivity index is 1.58. The molecule has 0 aliphatic rings. The molecule has 0 saturated heterocycles. The third-order valence-electron chi connectivity index (χ3n) is 4.34. The Bertz CT molecular complexity index is 1130. The van der Waals surface area contributed by atoms with Crippen LogP contribution in [-0.4, -0.2) is 31.3 Å². The minimum atomic E-state index is -0.481. The number of nitrogens with zero attached hydrogens (tertiary/aromatic N) is 1. The molecular formula is C25H23ClN2O5. The van der Waals surface area contributed by atoms with Crippen molar-refractivity contribution in [3.63, 3.8) is 0 Å². The molecule has 0 spiro atoms. The lowest BCUT2D eigenvalue weighted by Gasteiger charge is -2.11. The first kappa shape index (κ1) is 23.8. The second-order valence-electron chi connectivity index (χ2n) is 6.93. The molecule has 1 amide bonds. The highest BCUT2D eigenvalue weighted by atomic mass is 35.5. The highest BCUT2D eigenvalue weighted by Gasteiger charge is 2.13. The zero-order valence-corrected chi connectivity index (χ0v) is 19.0. The molecule has 0 unspecified atom stereocenters. The van der Waals surface area contributed by atoms with E-state index in [2.05, 4.69) is 10.5 Å². The number of esters is 1. The third kappa shape index (κ3) is 7.36. The summed E-state index contributed by atoms with van der Waals surface area (Å²) in [5.74, 6) is 0.301. The molecule has 1 N–H and O–H groups in total. The summed E-state index contributed by atoms with van der Waals surface area (Å²) in [6.07, 6.45) is 1.45. The zero-order valence-electron chi connectivity index (χ0n) is 18.2. The molecule has 3 aromatic rings. The number of amides is 1. The van der Waals surface area contributed by atoms with Crippen LogP contribution in [0, 0.1) is 6.92 Å². The molecular weight excluding hydrogens is 444 g/mol. The maximum absolute atomic E-state index is 12.4. The molecule has 7 nitrogen and oxygen atoms in total. The van der Waals surface area contributed by atoms with Crippen molar-refractivity contribution >= 4 is 29.7 Å². The SMILES string of the molecule is CCOc1cc(/C=N\NC(=O)COc2ccc(Cl)cc2)ccc1OC(=O)c1ccc(C)cc1. The Labute approximate surface area is 196 Å². The van der Waals surface area contributed by atoms with Crippen LogP contribution in [0.2, 0.25) is 5.02 Å². The van der Waals surface area contributed by atoms with Gasteiger partial charge in [-0.1, -0.05) is 29.3 Å². The monoisotopic (exact) mass is 466 g/mol. The van der Waals surface area contributed by atoms with E-state index in [1.165, 1.54) is 6.21 Å². The summed E-state index contributed by atoms with van der Waals surface area (Å²) < 4.78 is 16.5. The first-order valence-electron chi connectivity index (χ1n) is 10.2. The summed E-state index contributed by atoms with van der Waals surface area (Å²) in [6.45, 7) is 3.95. The van der Waals surface area contributed by atoms with Crippen LogP contribution in [-0.2, 0) is 4.79 Å². The topological polar surface area (TPSA) is 86.2 Å². The van der Waals surface area contributed by atoms with Crippen molar-refractivity contribution in [2.45, 2.75) is 13.8 Å². The number of benzene rings is 3. The predicted molar refractivity (Wildman–Crippen MR) is 126 cm³/mol. The van der Waals surface area contributed by atoms with Crippen molar-refractivity contribution in [2.75, 3.05) is 13.2 Å². The maximum atomic E-state index is 12.4. The average Bonchev–Trinajstić information content (AvgIpc) is 2.81. The standard InChI is InChI=1S/C25H23ClN2O5/c1-3-31-23-14-18(6-13-22(23)33-25(30)19-7-4-17(2)5-8-19)15-27-28-24(29)16-32-21-11-9-20(26)10-12-21/h4-15H,3,16H2,1-2H3,(H,28,29)/b27-15-. The van der Waals surface area contributed by atoms with Crippen molar-refractivity contribution in [2.24, 2.45) is 5.10 Å².